The van der Waals surface area contributed by atoms with Crippen LogP contribution in [0.15, 0.2) is 60.0 Å². The van der Waals surface area contributed by atoms with Crippen molar-refractivity contribution in [2.45, 2.75) is 6.42 Å². The van der Waals surface area contributed by atoms with Crippen LogP contribution >= 0.6 is 0 Å². The molecule has 1 aliphatic heterocycles. The van der Waals surface area contributed by atoms with Gasteiger partial charge in [-0.2, -0.15) is 0 Å². The molecule has 0 bridgehead atoms. The lowest BCUT2D eigenvalue weighted by molar-refractivity contribution is -0.139. The van der Waals surface area contributed by atoms with Gasteiger partial charge in [-0.1, -0.05) is 24.3 Å². The molecule has 7 heteroatoms. The number of carbonyl (C=O) groups excluding carboxylic acids is 3. The molecule has 1 aromatic rings. The van der Waals surface area contributed by atoms with E-state index in [4.69, 9.17) is 9.47 Å². The maximum atomic E-state index is 12.5. The maximum Gasteiger partial charge on any atom is 0.355 e. The van der Waals surface area contributed by atoms with E-state index in [-0.39, 0.29) is 23.6 Å². The Hall–Kier alpha value is -3.35. The number of ether oxygens (including phenoxy) is 2. The molecule has 0 aliphatic carbocycles. The fraction of sp³-hybridized carbons (Fsp3) is 0.250. The summed E-state index contributed by atoms with van der Waals surface area (Å²) < 4.78 is 9.70. The SMILES string of the molecule is COC(=O)C1=C(C(=O)OC)N(c2ccccc2CC(=O)N(C)C)C=CC=C1. The molecule has 0 atom stereocenters. The van der Waals surface area contributed by atoms with Crippen molar-refractivity contribution in [3.8, 4) is 0 Å². The van der Waals surface area contributed by atoms with Crippen LogP contribution in [0.3, 0.4) is 0 Å². The number of carbonyl (C=O) groups is 3. The first-order chi connectivity index (χ1) is 12.9. The van der Waals surface area contributed by atoms with E-state index >= 15 is 0 Å². The lowest BCUT2D eigenvalue weighted by Crippen LogP contribution is -2.29. The monoisotopic (exact) mass is 370 g/mol. The molecule has 7 nitrogen and oxygen atoms in total. The average molecular weight is 370 g/mol. The second-order valence-corrected chi connectivity index (χ2v) is 5.91. The number of methoxy groups -OCH3 is 2. The summed E-state index contributed by atoms with van der Waals surface area (Å²) >= 11 is 0. The van der Waals surface area contributed by atoms with Gasteiger partial charge in [0.1, 0.15) is 5.70 Å². The zero-order valence-electron chi connectivity index (χ0n) is 15.8. The number of anilines is 1. The first kappa shape index (κ1) is 20.0. The number of nitrogens with zero attached hydrogens (tertiary/aromatic N) is 2. The normalized spacial score (nSPS) is 13.3. The molecule has 1 heterocycles. The Morgan fingerprint density at radius 2 is 1.67 bits per heavy atom. The van der Waals surface area contributed by atoms with Crippen LogP contribution in [0.4, 0.5) is 5.69 Å². The maximum absolute atomic E-state index is 12.5. The standard InChI is InChI=1S/C20H22N2O5/c1-21(2)17(23)13-14-9-5-6-11-16(14)22-12-8-7-10-15(19(24)26-3)18(22)20(25)27-4/h5-12H,13H2,1-4H3. The second-order valence-electron chi connectivity index (χ2n) is 5.91. The summed E-state index contributed by atoms with van der Waals surface area (Å²) in [5.41, 5.74) is 1.37. The van der Waals surface area contributed by atoms with Gasteiger partial charge in [0.25, 0.3) is 0 Å². The summed E-state index contributed by atoms with van der Waals surface area (Å²) in [4.78, 5) is 40.0. The minimum Gasteiger partial charge on any atom is -0.465 e. The largest absolute Gasteiger partial charge is 0.465 e. The molecule has 0 radical (unpaired) electrons. The third-order valence-electron chi connectivity index (χ3n) is 3.98. The van der Waals surface area contributed by atoms with Gasteiger partial charge in [0.05, 0.1) is 26.2 Å². The quantitative estimate of drug-likeness (QED) is 0.736. The zero-order chi connectivity index (χ0) is 20.0. The minimum absolute atomic E-state index is 0.0131. The summed E-state index contributed by atoms with van der Waals surface area (Å²) in [7, 11) is 5.83. The van der Waals surface area contributed by atoms with E-state index in [0.717, 1.165) is 0 Å². The topological polar surface area (TPSA) is 76.2 Å². The van der Waals surface area contributed by atoms with Gasteiger partial charge in [0.2, 0.25) is 5.91 Å². The predicted molar refractivity (Wildman–Crippen MR) is 101 cm³/mol. The Bertz CT molecular complexity index is 837. The Kier molecular flexibility index (Phi) is 6.54. The highest BCUT2D eigenvalue weighted by molar-refractivity contribution is 6.05. The van der Waals surface area contributed by atoms with Crippen molar-refractivity contribution in [1.29, 1.82) is 0 Å². The molecule has 1 aromatic carbocycles. The summed E-state index contributed by atoms with van der Waals surface area (Å²) in [6, 6.07) is 7.17. The summed E-state index contributed by atoms with van der Waals surface area (Å²) in [6.45, 7) is 0. The number of hydrogen-bond acceptors (Lipinski definition) is 6. The highest BCUT2D eigenvalue weighted by Gasteiger charge is 2.28. The number of allylic oxidation sites excluding steroid dienone is 2. The van der Waals surface area contributed by atoms with E-state index in [1.54, 1.807) is 50.6 Å². The van der Waals surface area contributed by atoms with Gasteiger partial charge < -0.3 is 19.3 Å². The molecule has 0 spiro atoms. The number of para-hydroxylation sites is 1. The van der Waals surface area contributed by atoms with Gasteiger partial charge in [0.15, 0.2) is 0 Å². The molecule has 0 saturated carbocycles. The van der Waals surface area contributed by atoms with Crippen molar-refractivity contribution in [3.05, 3.63) is 65.5 Å². The number of benzene rings is 1. The van der Waals surface area contributed by atoms with E-state index in [1.807, 2.05) is 6.07 Å². The first-order valence-electron chi connectivity index (χ1n) is 8.23. The van der Waals surface area contributed by atoms with Crippen molar-refractivity contribution < 1.29 is 23.9 Å². The van der Waals surface area contributed by atoms with Gasteiger partial charge in [0, 0.05) is 26.0 Å². The summed E-state index contributed by atoms with van der Waals surface area (Å²) in [6.07, 6.45) is 6.58. The van der Waals surface area contributed by atoms with E-state index in [1.165, 1.54) is 30.1 Å². The van der Waals surface area contributed by atoms with Crippen molar-refractivity contribution in [1.82, 2.24) is 4.90 Å². The number of esters is 2. The fourth-order valence-corrected chi connectivity index (χ4v) is 2.57. The third kappa shape index (κ3) is 4.44. The van der Waals surface area contributed by atoms with E-state index < -0.39 is 11.9 Å². The van der Waals surface area contributed by atoms with Crippen LogP contribution in [0.2, 0.25) is 0 Å². The average Bonchev–Trinajstić information content (AvgIpc) is 2.89. The smallest absolute Gasteiger partial charge is 0.355 e. The summed E-state index contributed by atoms with van der Waals surface area (Å²) in [5.74, 6) is -1.45. The van der Waals surface area contributed by atoms with Crippen molar-refractivity contribution in [3.63, 3.8) is 0 Å². The molecule has 0 N–H and O–H groups in total. The Labute approximate surface area is 158 Å². The van der Waals surface area contributed by atoms with Crippen LogP contribution in [0.5, 0.6) is 0 Å². The van der Waals surface area contributed by atoms with Crippen LogP contribution in [0.25, 0.3) is 0 Å². The minimum atomic E-state index is -0.694. The zero-order valence-corrected chi connectivity index (χ0v) is 15.8. The van der Waals surface area contributed by atoms with Gasteiger partial charge in [-0.25, -0.2) is 9.59 Å². The Morgan fingerprint density at radius 3 is 2.30 bits per heavy atom. The number of amides is 1. The molecular formula is C20H22N2O5. The molecule has 1 aliphatic rings. The molecule has 0 unspecified atom stereocenters. The van der Waals surface area contributed by atoms with Crippen LogP contribution in [0.1, 0.15) is 5.56 Å². The second kappa shape index (κ2) is 8.84. The van der Waals surface area contributed by atoms with E-state index in [2.05, 4.69) is 0 Å². The molecule has 142 valence electrons. The lowest BCUT2D eigenvalue weighted by Gasteiger charge is -2.25. The van der Waals surface area contributed by atoms with Crippen LogP contribution in [0, 0.1) is 0 Å². The highest BCUT2D eigenvalue weighted by atomic mass is 16.5. The van der Waals surface area contributed by atoms with Gasteiger partial charge in [-0.05, 0) is 23.8 Å². The highest BCUT2D eigenvalue weighted by Crippen LogP contribution is 2.29. The van der Waals surface area contributed by atoms with Gasteiger partial charge in [-0.3, -0.25) is 4.79 Å². The van der Waals surface area contributed by atoms with Crippen molar-refractivity contribution >= 4 is 23.5 Å². The van der Waals surface area contributed by atoms with Gasteiger partial charge >= 0.3 is 11.9 Å². The fourth-order valence-electron chi connectivity index (χ4n) is 2.57. The number of likely N-dealkylation sites (N-methyl/N-ethyl adjacent to an activating group) is 1. The predicted octanol–water partition coefficient (Wildman–Crippen LogP) is 1.81. The number of hydrogen-bond donors (Lipinski definition) is 0. The molecule has 1 amide bonds. The Morgan fingerprint density at radius 1 is 1.00 bits per heavy atom. The number of rotatable bonds is 5. The molecule has 2 rings (SSSR count). The van der Waals surface area contributed by atoms with Crippen LogP contribution in [-0.2, 0) is 30.3 Å². The third-order valence-corrected chi connectivity index (χ3v) is 3.98. The van der Waals surface area contributed by atoms with E-state index in [0.29, 0.717) is 11.3 Å². The molecular weight excluding hydrogens is 348 g/mol. The lowest BCUT2D eigenvalue weighted by atomic mass is 10.1. The van der Waals surface area contributed by atoms with Gasteiger partial charge in [-0.15, -0.1) is 0 Å². The van der Waals surface area contributed by atoms with Crippen LogP contribution < -0.4 is 4.90 Å². The summed E-state index contributed by atoms with van der Waals surface area (Å²) in [5, 5.41) is 0. The van der Waals surface area contributed by atoms with Crippen LogP contribution in [-0.4, -0.2) is 51.1 Å². The van der Waals surface area contributed by atoms with E-state index in [9.17, 15) is 14.4 Å². The van der Waals surface area contributed by atoms with Crippen molar-refractivity contribution in [2.24, 2.45) is 0 Å². The molecule has 0 fully saturated rings. The molecule has 27 heavy (non-hydrogen) atoms. The molecule has 0 aromatic heterocycles. The Balaban J connectivity index is 2.63. The first-order valence-corrected chi connectivity index (χ1v) is 8.23. The van der Waals surface area contributed by atoms with Crippen molar-refractivity contribution in [2.75, 3.05) is 33.2 Å². The molecule has 0 saturated heterocycles.